The molecule has 1 amide bonds. The molecule has 1 aliphatic rings. The van der Waals surface area contributed by atoms with E-state index in [1.54, 1.807) is 0 Å². The summed E-state index contributed by atoms with van der Waals surface area (Å²) in [6, 6.07) is 8.44. The van der Waals surface area contributed by atoms with Crippen LogP contribution in [-0.2, 0) is 4.74 Å². The molecule has 0 aromatic heterocycles. The Kier molecular flexibility index (Phi) is 5.16. The minimum atomic E-state index is -0.456. The summed E-state index contributed by atoms with van der Waals surface area (Å²) in [5, 5.41) is 6.36. The van der Waals surface area contributed by atoms with E-state index in [1.807, 2.05) is 52.0 Å². The van der Waals surface area contributed by atoms with Crippen molar-refractivity contribution >= 4 is 11.8 Å². The molecule has 5 heteroatoms. The second-order valence-electron chi connectivity index (χ2n) is 6.58. The van der Waals surface area contributed by atoms with Crippen LogP contribution in [-0.4, -0.2) is 30.4 Å². The molecule has 2 rings (SSSR count). The minimum absolute atomic E-state index is 0.173. The Labute approximate surface area is 132 Å². The second kappa shape index (κ2) is 6.90. The lowest BCUT2D eigenvalue weighted by Gasteiger charge is -2.37. The molecule has 0 bridgehead atoms. The Hall–Kier alpha value is -1.91. The van der Waals surface area contributed by atoms with Crippen molar-refractivity contribution in [2.75, 3.05) is 11.9 Å². The van der Waals surface area contributed by atoms with Crippen molar-refractivity contribution < 1.29 is 14.3 Å². The lowest BCUT2D eigenvalue weighted by atomic mass is 9.86. The van der Waals surface area contributed by atoms with Gasteiger partial charge in [0, 0.05) is 12.1 Å². The molecule has 1 saturated carbocycles. The molecule has 1 aromatic rings. The summed E-state index contributed by atoms with van der Waals surface area (Å²) in [5.41, 5.74) is 0.548. The molecule has 1 aliphatic carbocycles. The van der Waals surface area contributed by atoms with Gasteiger partial charge in [-0.2, -0.15) is 0 Å². The fourth-order valence-corrected chi connectivity index (χ4v) is 2.41. The van der Waals surface area contributed by atoms with Crippen LogP contribution in [0.3, 0.4) is 0 Å². The Bertz CT molecular complexity index is 505. The average Bonchev–Trinajstić information content (AvgIpc) is 2.36. The summed E-state index contributed by atoms with van der Waals surface area (Å²) in [5.74, 6) is 0.869. The maximum Gasteiger partial charge on any atom is 0.407 e. The number of anilines is 1. The maximum absolute atomic E-state index is 11.7. The second-order valence-corrected chi connectivity index (χ2v) is 6.58. The summed E-state index contributed by atoms with van der Waals surface area (Å²) < 4.78 is 10.9. The molecule has 0 aliphatic heterocycles. The number of ether oxygens (including phenoxy) is 2. The smallest absolute Gasteiger partial charge is 0.407 e. The summed E-state index contributed by atoms with van der Waals surface area (Å²) in [7, 11) is 0. The molecule has 1 aromatic carbocycles. The highest BCUT2D eigenvalue weighted by atomic mass is 16.6. The van der Waals surface area contributed by atoms with Crippen LogP contribution in [0, 0.1) is 0 Å². The summed E-state index contributed by atoms with van der Waals surface area (Å²) in [6.45, 7) is 8.21. The topological polar surface area (TPSA) is 59.6 Å². The zero-order chi connectivity index (χ0) is 16.2. The number of rotatable bonds is 5. The first-order valence-electron chi connectivity index (χ1n) is 7.85. The summed E-state index contributed by atoms with van der Waals surface area (Å²) in [4.78, 5) is 11.7. The largest absolute Gasteiger partial charge is 0.492 e. The van der Waals surface area contributed by atoms with E-state index in [4.69, 9.17) is 9.47 Å². The lowest BCUT2D eigenvalue weighted by molar-refractivity contribution is 0.0475. The van der Waals surface area contributed by atoms with Crippen molar-refractivity contribution in [3.05, 3.63) is 24.3 Å². The number of amides is 1. The van der Waals surface area contributed by atoms with Crippen molar-refractivity contribution in [3.63, 3.8) is 0 Å². The Balaban J connectivity index is 1.77. The van der Waals surface area contributed by atoms with E-state index in [9.17, 15) is 4.79 Å². The van der Waals surface area contributed by atoms with Gasteiger partial charge in [0.15, 0.2) is 0 Å². The lowest BCUT2D eigenvalue weighted by Crippen LogP contribution is -2.50. The third kappa shape index (κ3) is 4.83. The van der Waals surface area contributed by atoms with Crippen molar-refractivity contribution in [2.45, 2.75) is 58.2 Å². The third-order valence-corrected chi connectivity index (χ3v) is 3.41. The van der Waals surface area contributed by atoms with Gasteiger partial charge in [0.2, 0.25) is 0 Å². The first kappa shape index (κ1) is 16.5. The Morgan fingerprint density at radius 2 is 1.91 bits per heavy atom. The number of alkyl carbamates (subject to hydrolysis) is 1. The van der Waals surface area contributed by atoms with E-state index in [-0.39, 0.29) is 12.1 Å². The highest BCUT2D eigenvalue weighted by Crippen LogP contribution is 2.30. The average molecular weight is 306 g/mol. The molecule has 1 fully saturated rings. The minimum Gasteiger partial charge on any atom is -0.492 e. The standard InChI is InChI=1S/C17H26N2O3/c1-5-21-15-9-7-6-8-14(15)18-12-10-13(11-12)19-16(20)22-17(2,3)4/h6-9,12-13,18H,5,10-11H2,1-4H3,(H,19,20). The van der Waals surface area contributed by atoms with Crippen LogP contribution in [0.1, 0.15) is 40.5 Å². The maximum atomic E-state index is 11.7. The molecular formula is C17H26N2O3. The highest BCUT2D eigenvalue weighted by molar-refractivity contribution is 5.68. The van der Waals surface area contributed by atoms with E-state index >= 15 is 0 Å². The number of carbonyl (C=O) groups excluding carboxylic acids is 1. The van der Waals surface area contributed by atoms with Crippen molar-refractivity contribution in [1.29, 1.82) is 0 Å². The van der Waals surface area contributed by atoms with Crippen LogP contribution in [0.2, 0.25) is 0 Å². The monoisotopic (exact) mass is 306 g/mol. The number of hydrogen-bond donors (Lipinski definition) is 2. The third-order valence-electron chi connectivity index (χ3n) is 3.41. The number of benzene rings is 1. The zero-order valence-corrected chi connectivity index (χ0v) is 13.8. The van der Waals surface area contributed by atoms with Crippen LogP contribution >= 0.6 is 0 Å². The number of para-hydroxylation sites is 2. The molecular weight excluding hydrogens is 280 g/mol. The van der Waals surface area contributed by atoms with Crippen LogP contribution in [0.25, 0.3) is 0 Å². The number of nitrogens with one attached hydrogen (secondary N) is 2. The number of hydrogen-bond acceptors (Lipinski definition) is 4. The Morgan fingerprint density at radius 1 is 1.23 bits per heavy atom. The van der Waals surface area contributed by atoms with Gasteiger partial charge < -0.3 is 20.1 Å². The summed E-state index contributed by atoms with van der Waals surface area (Å²) >= 11 is 0. The van der Waals surface area contributed by atoms with Gasteiger partial charge in [0.1, 0.15) is 11.4 Å². The van der Waals surface area contributed by atoms with Crippen LogP contribution < -0.4 is 15.4 Å². The fraction of sp³-hybridized carbons (Fsp3) is 0.588. The molecule has 0 heterocycles. The first-order valence-corrected chi connectivity index (χ1v) is 7.85. The van der Waals surface area contributed by atoms with Gasteiger partial charge in [0.25, 0.3) is 0 Å². The number of carbonyl (C=O) groups is 1. The van der Waals surface area contributed by atoms with E-state index in [0.29, 0.717) is 12.6 Å². The summed E-state index contributed by atoms with van der Waals surface area (Å²) in [6.07, 6.45) is 1.44. The van der Waals surface area contributed by atoms with Crippen molar-refractivity contribution in [3.8, 4) is 5.75 Å². The van der Waals surface area contributed by atoms with Crippen molar-refractivity contribution in [1.82, 2.24) is 5.32 Å². The SMILES string of the molecule is CCOc1ccccc1NC1CC(NC(=O)OC(C)(C)C)C1. The highest BCUT2D eigenvalue weighted by Gasteiger charge is 2.31. The molecule has 0 atom stereocenters. The normalized spacial score (nSPS) is 20.7. The van der Waals surface area contributed by atoms with Gasteiger partial charge in [0.05, 0.1) is 12.3 Å². The van der Waals surface area contributed by atoms with Gasteiger partial charge in [-0.05, 0) is 52.7 Å². The van der Waals surface area contributed by atoms with Gasteiger partial charge >= 0.3 is 6.09 Å². The molecule has 5 nitrogen and oxygen atoms in total. The molecule has 22 heavy (non-hydrogen) atoms. The molecule has 0 spiro atoms. The van der Waals surface area contributed by atoms with Crippen LogP contribution in [0.15, 0.2) is 24.3 Å². The fourth-order valence-electron chi connectivity index (χ4n) is 2.41. The van der Waals surface area contributed by atoms with Gasteiger partial charge in [-0.3, -0.25) is 0 Å². The van der Waals surface area contributed by atoms with E-state index in [0.717, 1.165) is 24.3 Å². The predicted molar refractivity (Wildman–Crippen MR) is 87.4 cm³/mol. The quantitative estimate of drug-likeness (QED) is 0.873. The Morgan fingerprint density at radius 3 is 2.55 bits per heavy atom. The van der Waals surface area contributed by atoms with Gasteiger partial charge in [-0.15, -0.1) is 0 Å². The van der Waals surface area contributed by atoms with E-state index in [1.165, 1.54) is 0 Å². The molecule has 122 valence electrons. The van der Waals surface area contributed by atoms with Crippen molar-refractivity contribution in [2.24, 2.45) is 0 Å². The van der Waals surface area contributed by atoms with Crippen LogP contribution in [0.4, 0.5) is 10.5 Å². The molecule has 0 radical (unpaired) electrons. The van der Waals surface area contributed by atoms with Gasteiger partial charge in [-0.1, -0.05) is 12.1 Å². The molecule has 0 unspecified atom stereocenters. The van der Waals surface area contributed by atoms with Crippen LogP contribution in [0.5, 0.6) is 5.75 Å². The first-order chi connectivity index (χ1) is 10.4. The molecule has 2 N–H and O–H groups in total. The van der Waals surface area contributed by atoms with E-state index < -0.39 is 5.60 Å². The molecule has 0 saturated heterocycles. The van der Waals surface area contributed by atoms with Gasteiger partial charge in [-0.25, -0.2) is 4.79 Å². The predicted octanol–water partition coefficient (Wildman–Crippen LogP) is 3.55. The van der Waals surface area contributed by atoms with E-state index in [2.05, 4.69) is 10.6 Å². The zero-order valence-electron chi connectivity index (χ0n) is 13.8.